The van der Waals surface area contributed by atoms with Crippen molar-refractivity contribution in [2.45, 2.75) is 31.6 Å². The molecule has 0 aliphatic rings. The molecule has 0 aliphatic heterocycles. The maximum absolute atomic E-state index is 12.0. The van der Waals surface area contributed by atoms with Crippen molar-refractivity contribution in [3.05, 3.63) is 27.7 Å². The van der Waals surface area contributed by atoms with Gasteiger partial charge in [0.15, 0.2) is 5.78 Å². The van der Waals surface area contributed by atoms with Crippen molar-refractivity contribution < 1.29 is 4.79 Å². The summed E-state index contributed by atoms with van der Waals surface area (Å²) in [6, 6.07) is 3.17. The minimum Gasteiger partial charge on any atom is -0.294 e. The predicted octanol–water partition coefficient (Wildman–Crippen LogP) is 6.13. The first-order valence-electron chi connectivity index (χ1n) is 5.99. The number of alkyl halides is 2. The van der Waals surface area contributed by atoms with Crippen molar-refractivity contribution in [2.75, 3.05) is 0 Å². The molecule has 1 atom stereocenters. The van der Waals surface area contributed by atoms with Gasteiger partial charge < -0.3 is 0 Å². The van der Waals surface area contributed by atoms with E-state index in [1.54, 1.807) is 26.0 Å². The Bertz CT molecular complexity index is 543. The number of rotatable bonds is 5. The van der Waals surface area contributed by atoms with Crippen LogP contribution in [0, 0.1) is 12.8 Å². The maximum Gasteiger partial charge on any atom is 0.286 e. The molecule has 3 nitrogen and oxygen atoms in total. The highest BCUT2D eigenvalue weighted by Crippen LogP contribution is 2.34. The van der Waals surface area contributed by atoms with Gasteiger partial charge in [0, 0.05) is 16.0 Å². The summed E-state index contributed by atoms with van der Waals surface area (Å²) in [6.07, 6.45) is 0.623. The molecule has 0 aromatic heterocycles. The van der Waals surface area contributed by atoms with Gasteiger partial charge in [-0.05, 0) is 31.0 Å². The van der Waals surface area contributed by atoms with E-state index in [1.165, 1.54) is 0 Å². The van der Waals surface area contributed by atoms with Gasteiger partial charge in [-0.2, -0.15) is 5.11 Å². The van der Waals surface area contributed by atoms with Gasteiger partial charge in [-0.25, -0.2) is 0 Å². The Morgan fingerprint density at radius 2 is 1.95 bits per heavy atom. The number of carbonyl (C=O) groups is 1. The zero-order chi connectivity index (χ0) is 15.5. The van der Waals surface area contributed by atoms with Gasteiger partial charge >= 0.3 is 0 Å². The summed E-state index contributed by atoms with van der Waals surface area (Å²) in [5.41, 5.74) is 1.10. The monoisotopic (exact) mass is 354 g/mol. The molecule has 1 aromatic rings. The van der Waals surface area contributed by atoms with Crippen molar-refractivity contribution in [2.24, 2.45) is 16.1 Å². The van der Waals surface area contributed by atoms with Crippen LogP contribution in [0.15, 0.2) is 22.4 Å². The molecule has 1 rings (SSSR count). The van der Waals surface area contributed by atoms with E-state index in [9.17, 15) is 4.79 Å². The average molecular weight is 356 g/mol. The first-order chi connectivity index (χ1) is 9.19. The van der Waals surface area contributed by atoms with Gasteiger partial charge in [0.05, 0.1) is 5.69 Å². The Hall–Kier alpha value is -0.350. The van der Waals surface area contributed by atoms with E-state index in [1.807, 2.05) is 6.92 Å². The number of ketones is 1. The molecule has 0 bridgehead atoms. The van der Waals surface area contributed by atoms with Crippen LogP contribution in [0.2, 0.25) is 10.0 Å². The van der Waals surface area contributed by atoms with Crippen LogP contribution in [0.25, 0.3) is 0 Å². The van der Waals surface area contributed by atoms with Crippen LogP contribution >= 0.6 is 46.4 Å². The van der Waals surface area contributed by atoms with Crippen molar-refractivity contribution >= 4 is 57.9 Å². The minimum atomic E-state index is -1.91. The number of halogens is 4. The molecule has 0 heterocycles. The van der Waals surface area contributed by atoms with E-state index >= 15 is 0 Å². The zero-order valence-corrected chi connectivity index (χ0v) is 14.3. The zero-order valence-electron chi connectivity index (χ0n) is 11.3. The summed E-state index contributed by atoms with van der Waals surface area (Å²) in [4.78, 5) is 12.0. The Labute approximate surface area is 138 Å². The first-order valence-corrected chi connectivity index (χ1v) is 7.51. The lowest BCUT2D eigenvalue weighted by Crippen LogP contribution is -2.28. The van der Waals surface area contributed by atoms with E-state index in [2.05, 4.69) is 10.2 Å². The SMILES string of the molecule is CCC(C)C(=O)C(Cl)(Cl)N=Nc1cc(Cl)cc(Cl)c1C. The second-order valence-electron chi connectivity index (χ2n) is 4.45. The highest BCUT2D eigenvalue weighted by atomic mass is 35.5. The third-order valence-corrected chi connectivity index (χ3v) is 4.06. The summed E-state index contributed by atoms with van der Waals surface area (Å²) in [5, 5.41) is 8.50. The average Bonchev–Trinajstić information content (AvgIpc) is 2.39. The highest BCUT2D eigenvalue weighted by Gasteiger charge is 2.36. The number of carbonyl (C=O) groups excluding carboxylic acids is 1. The fourth-order valence-corrected chi connectivity index (χ4v) is 2.31. The van der Waals surface area contributed by atoms with E-state index in [-0.39, 0.29) is 5.92 Å². The van der Waals surface area contributed by atoms with Crippen LogP contribution in [-0.2, 0) is 4.79 Å². The van der Waals surface area contributed by atoms with Crippen molar-refractivity contribution in [3.8, 4) is 0 Å². The number of Topliss-reactive ketones (excluding diaryl/α,β-unsaturated/α-hetero) is 1. The Morgan fingerprint density at radius 3 is 2.50 bits per heavy atom. The lowest BCUT2D eigenvalue weighted by atomic mass is 10.0. The van der Waals surface area contributed by atoms with Crippen LogP contribution in [0.3, 0.4) is 0 Å². The molecule has 7 heteroatoms. The third kappa shape index (κ3) is 4.32. The lowest BCUT2D eigenvalue weighted by Gasteiger charge is -2.16. The smallest absolute Gasteiger partial charge is 0.286 e. The summed E-state index contributed by atoms with van der Waals surface area (Å²) >= 11 is 23.7. The second-order valence-corrected chi connectivity index (χ2v) is 6.58. The maximum atomic E-state index is 12.0. The number of benzene rings is 1. The minimum absolute atomic E-state index is 0.298. The molecule has 110 valence electrons. The van der Waals surface area contributed by atoms with Gasteiger partial charge in [-0.15, -0.1) is 5.11 Å². The van der Waals surface area contributed by atoms with Gasteiger partial charge in [-0.1, -0.05) is 60.3 Å². The molecule has 0 radical (unpaired) electrons. The molecule has 0 spiro atoms. The fraction of sp³-hybridized carbons (Fsp3) is 0.462. The second kappa shape index (κ2) is 7.08. The number of hydrogen-bond donors (Lipinski definition) is 0. The standard InChI is InChI=1S/C13H14Cl4N2O/c1-4-7(2)12(20)13(16,17)19-18-11-6-9(14)5-10(15)8(11)3/h5-7H,4H2,1-3H3. The topological polar surface area (TPSA) is 41.8 Å². The number of nitrogens with zero attached hydrogens (tertiary/aromatic N) is 2. The molecule has 0 N–H and O–H groups in total. The molecular formula is C13H14Cl4N2O. The van der Waals surface area contributed by atoms with Crippen molar-refractivity contribution in [1.29, 1.82) is 0 Å². The fourth-order valence-electron chi connectivity index (χ4n) is 1.38. The molecule has 20 heavy (non-hydrogen) atoms. The lowest BCUT2D eigenvalue weighted by molar-refractivity contribution is -0.123. The van der Waals surface area contributed by atoms with E-state index in [0.717, 1.165) is 0 Å². The molecule has 1 unspecified atom stereocenters. The first kappa shape index (κ1) is 17.7. The van der Waals surface area contributed by atoms with Crippen LogP contribution in [-0.4, -0.2) is 10.2 Å². The largest absolute Gasteiger partial charge is 0.294 e. The van der Waals surface area contributed by atoms with Gasteiger partial charge in [0.25, 0.3) is 4.46 Å². The Kier molecular flexibility index (Phi) is 6.26. The number of hydrogen-bond acceptors (Lipinski definition) is 3. The summed E-state index contributed by atoms with van der Waals surface area (Å²) in [6.45, 7) is 5.36. The van der Waals surface area contributed by atoms with Crippen LogP contribution in [0.1, 0.15) is 25.8 Å². The highest BCUT2D eigenvalue weighted by molar-refractivity contribution is 6.58. The normalized spacial score (nSPS) is 13.8. The predicted molar refractivity (Wildman–Crippen MR) is 84.6 cm³/mol. The Morgan fingerprint density at radius 1 is 1.35 bits per heavy atom. The van der Waals surface area contributed by atoms with Crippen LogP contribution < -0.4 is 0 Å². The molecule has 1 aromatic carbocycles. The number of azo groups is 1. The third-order valence-electron chi connectivity index (χ3n) is 2.92. The van der Waals surface area contributed by atoms with E-state index < -0.39 is 10.2 Å². The van der Waals surface area contributed by atoms with E-state index in [0.29, 0.717) is 27.7 Å². The van der Waals surface area contributed by atoms with Crippen LogP contribution in [0.5, 0.6) is 0 Å². The van der Waals surface area contributed by atoms with Crippen molar-refractivity contribution in [3.63, 3.8) is 0 Å². The van der Waals surface area contributed by atoms with Crippen molar-refractivity contribution in [1.82, 2.24) is 0 Å². The molecule has 0 aliphatic carbocycles. The summed E-state index contributed by atoms with van der Waals surface area (Å²) in [5.74, 6) is -0.689. The van der Waals surface area contributed by atoms with E-state index in [4.69, 9.17) is 46.4 Å². The molecule has 0 saturated heterocycles. The van der Waals surface area contributed by atoms with Crippen LogP contribution in [0.4, 0.5) is 5.69 Å². The quantitative estimate of drug-likeness (QED) is 0.355. The van der Waals surface area contributed by atoms with Gasteiger partial charge in [0.1, 0.15) is 0 Å². The van der Waals surface area contributed by atoms with Gasteiger partial charge in [-0.3, -0.25) is 4.79 Å². The molecule has 0 fully saturated rings. The Balaban J connectivity index is 3.06. The summed E-state index contributed by atoms with van der Waals surface area (Å²) < 4.78 is -1.91. The molecule has 0 amide bonds. The molecular weight excluding hydrogens is 342 g/mol. The molecule has 0 saturated carbocycles. The summed E-state index contributed by atoms with van der Waals surface area (Å²) in [7, 11) is 0. The van der Waals surface area contributed by atoms with Gasteiger partial charge in [0.2, 0.25) is 0 Å².